The van der Waals surface area contributed by atoms with Crippen molar-refractivity contribution in [2.24, 2.45) is 0 Å². The molecule has 0 saturated carbocycles. The van der Waals surface area contributed by atoms with Crippen molar-refractivity contribution in [1.82, 2.24) is 5.32 Å². The fourth-order valence-electron chi connectivity index (χ4n) is 2.61. The average molecular weight is 281 g/mol. The first-order valence-corrected chi connectivity index (χ1v) is 8.45. The van der Waals surface area contributed by atoms with Crippen LogP contribution in [0.5, 0.6) is 0 Å². The Morgan fingerprint density at radius 3 is 2.53 bits per heavy atom. The number of rotatable bonds is 1. The molecule has 0 spiro atoms. The fraction of sp³-hybridized carbons (Fsp3) is 0.600. The molecular weight excluding hydrogens is 258 g/mol. The van der Waals surface area contributed by atoms with E-state index in [-0.39, 0.29) is 17.2 Å². The van der Waals surface area contributed by atoms with Gasteiger partial charge >= 0.3 is 0 Å². The van der Waals surface area contributed by atoms with Gasteiger partial charge in [0, 0.05) is 6.04 Å². The molecule has 1 N–H and O–H groups in total. The lowest BCUT2D eigenvalue weighted by Gasteiger charge is -2.23. The second-order valence-corrected chi connectivity index (χ2v) is 8.38. The number of fused-ring (bicyclic) bond motifs is 1. The molecule has 0 fully saturated rings. The fourth-order valence-corrected chi connectivity index (χ4v) is 4.22. The molecule has 0 radical (unpaired) electrons. The molecule has 4 heteroatoms. The van der Waals surface area contributed by atoms with Crippen molar-refractivity contribution < 1.29 is 8.42 Å². The highest BCUT2D eigenvalue weighted by Gasteiger charge is 2.28. The molecule has 1 atom stereocenters. The van der Waals surface area contributed by atoms with Gasteiger partial charge in [-0.05, 0) is 42.5 Å². The van der Waals surface area contributed by atoms with Crippen LogP contribution in [-0.4, -0.2) is 21.2 Å². The van der Waals surface area contributed by atoms with Gasteiger partial charge in [0.05, 0.1) is 10.6 Å². The summed E-state index contributed by atoms with van der Waals surface area (Å²) in [5.41, 5.74) is 2.15. The third-order valence-electron chi connectivity index (χ3n) is 3.84. The summed E-state index contributed by atoms with van der Waals surface area (Å²) in [6.45, 7) is 6.44. The molecule has 1 aliphatic heterocycles. The third kappa shape index (κ3) is 2.84. The first kappa shape index (κ1) is 14.5. The van der Waals surface area contributed by atoms with E-state index in [0.717, 1.165) is 12.0 Å². The monoisotopic (exact) mass is 281 g/mol. The van der Waals surface area contributed by atoms with E-state index >= 15 is 0 Å². The highest BCUT2D eigenvalue weighted by Crippen LogP contribution is 2.34. The van der Waals surface area contributed by atoms with Crippen LogP contribution in [0, 0.1) is 0 Å². The molecule has 0 amide bonds. The first-order chi connectivity index (χ1) is 8.75. The lowest BCUT2D eigenvalue weighted by Crippen LogP contribution is -2.19. The Morgan fingerprint density at radius 1 is 1.26 bits per heavy atom. The van der Waals surface area contributed by atoms with Crippen molar-refractivity contribution in [2.75, 3.05) is 12.8 Å². The molecule has 106 valence electrons. The van der Waals surface area contributed by atoms with Gasteiger partial charge < -0.3 is 5.32 Å². The SMILES string of the molecule is CNC1CCCS(=O)(=O)c2ccc(C(C)(C)C)cc21. The molecule has 1 aromatic carbocycles. The van der Waals surface area contributed by atoms with Gasteiger partial charge in [0.15, 0.2) is 9.84 Å². The maximum absolute atomic E-state index is 12.3. The Labute approximate surface area is 116 Å². The van der Waals surface area contributed by atoms with E-state index in [4.69, 9.17) is 0 Å². The highest BCUT2D eigenvalue weighted by atomic mass is 32.2. The van der Waals surface area contributed by atoms with Crippen LogP contribution in [0.2, 0.25) is 0 Å². The molecule has 1 aromatic rings. The average Bonchev–Trinajstić information content (AvgIpc) is 2.44. The van der Waals surface area contributed by atoms with Gasteiger partial charge in [0.1, 0.15) is 0 Å². The molecule has 19 heavy (non-hydrogen) atoms. The van der Waals surface area contributed by atoms with Crippen molar-refractivity contribution in [3.8, 4) is 0 Å². The summed E-state index contributed by atoms with van der Waals surface area (Å²) < 4.78 is 24.6. The van der Waals surface area contributed by atoms with Crippen LogP contribution in [0.25, 0.3) is 0 Å². The maximum Gasteiger partial charge on any atom is 0.178 e. The van der Waals surface area contributed by atoms with E-state index in [9.17, 15) is 8.42 Å². The summed E-state index contributed by atoms with van der Waals surface area (Å²) >= 11 is 0. The van der Waals surface area contributed by atoms with Crippen LogP contribution >= 0.6 is 0 Å². The summed E-state index contributed by atoms with van der Waals surface area (Å²) in [5.74, 6) is 0.257. The number of hydrogen-bond donors (Lipinski definition) is 1. The largest absolute Gasteiger partial charge is 0.313 e. The summed E-state index contributed by atoms with van der Waals surface area (Å²) in [5, 5.41) is 3.25. The lowest BCUT2D eigenvalue weighted by molar-refractivity contribution is 0.535. The van der Waals surface area contributed by atoms with E-state index in [2.05, 4.69) is 32.2 Å². The van der Waals surface area contributed by atoms with Gasteiger partial charge in [-0.1, -0.05) is 32.9 Å². The van der Waals surface area contributed by atoms with Crippen LogP contribution < -0.4 is 5.32 Å². The van der Waals surface area contributed by atoms with Crippen molar-refractivity contribution in [3.63, 3.8) is 0 Å². The first-order valence-electron chi connectivity index (χ1n) is 6.80. The molecule has 2 rings (SSSR count). The van der Waals surface area contributed by atoms with Crippen LogP contribution in [0.15, 0.2) is 23.1 Å². The Bertz CT molecular complexity index is 570. The van der Waals surface area contributed by atoms with E-state index in [0.29, 0.717) is 11.3 Å². The zero-order valence-corrected chi connectivity index (χ0v) is 13.0. The molecule has 0 bridgehead atoms. The quantitative estimate of drug-likeness (QED) is 0.861. The maximum atomic E-state index is 12.3. The Kier molecular flexibility index (Phi) is 3.76. The van der Waals surface area contributed by atoms with Crippen molar-refractivity contribution >= 4 is 9.84 Å². The van der Waals surface area contributed by atoms with Crippen LogP contribution in [-0.2, 0) is 15.3 Å². The minimum atomic E-state index is -3.12. The topological polar surface area (TPSA) is 46.2 Å². The molecule has 3 nitrogen and oxygen atoms in total. The van der Waals surface area contributed by atoms with Gasteiger partial charge in [-0.3, -0.25) is 0 Å². The molecule has 0 aromatic heterocycles. The molecular formula is C15H23NO2S. The Morgan fingerprint density at radius 2 is 1.95 bits per heavy atom. The minimum absolute atomic E-state index is 0.0311. The molecule has 1 heterocycles. The molecule has 1 aliphatic rings. The van der Waals surface area contributed by atoms with Gasteiger partial charge in [0.2, 0.25) is 0 Å². The van der Waals surface area contributed by atoms with E-state index in [1.807, 2.05) is 13.1 Å². The number of benzene rings is 1. The van der Waals surface area contributed by atoms with Gasteiger partial charge in [-0.2, -0.15) is 0 Å². The second kappa shape index (κ2) is 4.91. The standard InChI is InChI=1S/C15H23NO2S/c1-15(2,3)11-7-8-14-12(10-11)13(16-4)6-5-9-19(14,17)18/h7-8,10,13,16H,5-6,9H2,1-4H3. The second-order valence-electron chi connectivity index (χ2n) is 6.30. The molecule has 0 aliphatic carbocycles. The van der Waals surface area contributed by atoms with E-state index in [1.165, 1.54) is 5.56 Å². The molecule has 0 saturated heterocycles. The number of sulfone groups is 1. The van der Waals surface area contributed by atoms with Crippen LogP contribution in [0.4, 0.5) is 0 Å². The zero-order valence-electron chi connectivity index (χ0n) is 12.2. The highest BCUT2D eigenvalue weighted by molar-refractivity contribution is 7.91. The van der Waals surface area contributed by atoms with Crippen molar-refractivity contribution in [3.05, 3.63) is 29.3 Å². The van der Waals surface area contributed by atoms with Crippen molar-refractivity contribution in [2.45, 2.75) is 50.0 Å². The Balaban J connectivity index is 2.64. The number of nitrogens with one attached hydrogen (secondary N) is 1. The van der Waals surface area contributed by atoms with E-state index in [1.54, 1.807) is 6.07 Å². The molecule has 1 unspecified atom stereocenters. The van der Waals surface area contributed by atoms with Crippen molar-refractivity contribution in [1.29, 1.82) is 0 Å². The summed E-state index contributed by atoms with van der Waals surface area (Å²) in [4.78, 5) is 0.511. The third-order valence-corrected chi connectivity index (χ3v) is 5.71. The summed E-state index contributed by atoms with van der Waals surface area (Å²) in [6.07, 6.45) is 1.59. The van der Waals surface area contributed by atoms with Gasteiger partial charge in [-0.25, -0.2) is 8.42 Å². The lowest BCUT2D eigenvalue weighted by atomic mass is 9.85. The predicted molar refractivity (Wildman–Crippen MR) is 78.2 cm³/mol. The minimum Gasteiger partial charge on any atom is -0.313 e. The Hall–Kier alpha value is -0.870. The van der Waals surface area contributed by atoms with E-state index < -0.39 is 9.84 Å². The number of hydrogen-bond acceptors (Lipinski definition) is 3. The van der Waals surface area contributed by atoms with Crippen LogP contribution in [0.3, 0.4) is 0 Å². The smallest absolute Gasteiger partial charge is 0.178 e. The predicted octanol–water partition coefficient (Wildman–Crippen LogP) is 2.81. The normalized spacial score (nSPS) is 22.6. The van der Waals surface area contributed by atoms with Gasteiger partial charge in [-0.15, -0.1) is 0 Å². The summed E-state index contributed by atoms with van der Waals surface area (Å²) in [7, 11) is -1.22. The summed E-state index contributed by atoms with van der Waals surface area (Å²) in [6, 6.07) is 5.95. The van der Waals surface area contributed by atoms with Gasteiger partial charge in [0.25, 0.3) is 0 Å². The zero-order chi connectivity index (χ0) is 14.3. The van der Waals surface area contributed by atoms with Crippen LogP contribution in [0.1, 0.15) is 50.8 Å².